The van der Waals surface area contributed by atoms with Gasteiger partial charge in [-0.2, -0.15) is 0 Å². The van der Waals surface area contributed by atoms with E-state index in [0.29, 0.717) is 23.6 Å². The molecule has 0 saturated carbocycles. The molecule has 10 nitrogen and oxygen atoms in total. The quantitative estimate of drug-likeness (QED) is 0.349. The third kappa shape index (κ3) is 4.70. The van der Waals surface area contributed by atoms with Gasteiger partial charge in [0.1, 0.15) is 12.0 Å². The van der Waals surface area contributed by atoms with Gasteiger partial charge < -0.3 is 10.6 Å². The van der Waals surface area contributed by atoms with Crippen molar-refractivity contribution in [2.75, 3.05) is 10.6 Å². The molecule has 0 atom stereocenters. The zero-order valence-corrected chi connectivity index (χ0v) is 16.2. The van der Waals surface area contributed by atoms with Crippen LogP contribution in [-0.4, -0.2) is 31.0 Å². The highest BCUT2D eigenvalue weighted by atomic mass is 16.6. The molecular formula is C21H17N7O3. The van der Waals surface area contributed by atoms with Gasteiger partial charge in [-0.15, -0.1) is 5.10 Å². The van der Waals surface area contributed by atoms with E-state index >= 15 is 0 Å². The number of carbonyl (C=O) groups is 1. The maximum absolute atomic E-state index is 12.7. The van der Waals surface area contributed by atoms with Crippen molar-refractivity contribution in [3.63, 3.8) is 0 Å². The van der Waals surface area contributed by atoms with Crippen LogP contribution in [0.5, 0.6) is 0 Å². The van der Waals surface area contributed by atoms with Crippen molar-refractivity contribution < 1.29 is 9.72 Å². The van der Waals surface area contributed by atoms with Gasteiger partial charge in [0.2, 0.25) is 0 Å². The monoisotopic (exact) mass is 415 g/mol. The first-order valence-corrected chi connectivity index (χ1v) is 9.31. The predicted molar refractivity (Wildman–Crippen MR) is 114 cm³/mol. The number of nitro groups is 1. The second-order valence-corrected chi connectivity index (χ2v) is 6.59. The largest absolute Gasteiger partial charge is 0.375 e. The highest BCUT2D eigenvalue weighted by molar-refractivity contribution is 6.05. The van der Waals surface area contributed by atoms with Crippen LogP contribution in [0, 0.1) is 10.1 Å². The van der Waals surface area contributed by atoms with E-state index in [0.717, 1.165) is 5.56 Å². The molecular weight excluding hydrogens is 398 g/mol. The fourth-order valence-electron chi connectivity index (χ4n) is 2.98. The van der Waals surface area contributed by atoms with Crippen LogP contribution in [-0.2, 0) is 6.54 Å². The zero-order chi connectivity index (χ0) is 21.6. The Morgan fingerprint density at radius 2 is 1.87 bits per heavy atom. The van der Waals surface area contributed by atoms with Gasteiger partial charge >= 0.3 is 0 Å². The second kappa shape index (κ2) is 8.82. The average Bonchev–Trinajstić information content (AvgIpc) is 3.33. The first-order valence-electron chi connectivity index (χ1n) is 9.31. The molecule has 0 aliphatic heterocycles. The van der Waals surface area contributed by atoms with Gasteiger partial charge in [0, 0.05) is 23.9 Å². The average molecular weight is 415 g/mol. The second-order valence-electron chi connectivity index (χ2n) is 6.59. The Balaban J connectivity index is 1.51. The van der Waals surface area contributed by atoms with Crippen molar-refractivity contribution in [2.24, 2.45) is 0 Å². The molecule has 0 spiro atoms. The lowest BCUT2D eigenvalue weighted by Crippen LogP contribution is -2.13. The Bertz CT molecular complexity index is 1210. The van der Waals surface area contributed by atoms with E-state index in [1.165, 1.54) is 23.1 Å². The van der Waals surface area contributed by atoms with E-state index in [-0.39, 0.29) is 11.3 Å². The third-order valence-corrected chi connectivity index (χ3v) is 4.50. The lowest BCUT2D eigenvalue weighted by molar-refractivity contribution is -0.384. The van der Waals surface area contributed by atoms with Crippen LogP contribution in [0.3, 0.4) is 0 Å². The van der Waals surface area contributed by atoms with Gasteiger partial charge in [0.15, 0.2) is 0 Å². The standard InChI is InChI=1S/C21H17N7O3/c29-21(24-17-7-4-8-18(12-17)27-14-23-25-26-27)16-9-10-19(20(11-16)28(30)31)22-13-15-5-2-1-3-6-15/h1-12,14,22H,13H2,(H,24,29). The number of hydrogen-bond donors (Lipinski definition) is 2. The molecule has 0 radical (unpaired) electrons. The SMILES string of the molecule is O=C(Nc1cccc(-n2cnnn2)c1)c1ccc(NCc2ccccc2)c([N+](=O)[O-])c1. The van der Waals surface area contributed by atoms with E-state index in [2.05, 4.69) is 26.2 Å². The van der Waals surface area contributed by atoms with Crippen molar-refractivity contribution in [2.45, 2.75) is 6.54 Å². The van der Waals surface area contributed by atoms with Crippen LogP contribution in [0.15, 0.2) is 79.1 Å². The van der Waals surface area contributed by atoms with Gasteiger partial charge in [0.25, 0.3) is 11.6 Å². The van der Waals surface area contributed by atoms with Crippen molar-refractivity contribution in [3.05, 3.63) is 100 Å². The van der Waals surface area contributed by atoms with Crippen molar-refractivity contribution in [3.8, 4) is 5.69 Å². The number of benzene rings is 3. The molecule has 0 fully saturated rings. The van der Waals surface area contributed by atoms with Crippen LogP contribution in [0.1, 0.15) is 15.9 Å². The lowest BCUT2D eigenvalue weighted by Gasteiger charge is -2.10. The molecule has 0 bridgehead atoms. The highest BCUT2D eigenvalue weighted by Crippen LogP contribution is 2.27. The summed E-state index contributed by atoms with van der Waals surface area (Å²) in [5.74, 6) is -0.466. The molecule has 1 amide bonds. The molecule has 0 unspecified atom stereocenters. The fourth-order valence-corrected chi connectivity index (χ4v) is 2.98. The Hall–Kier alpha value is -4.60. The molecule has 2 N–H and O–H groups in total. The molecule has 4 aromatic rings. The maximum atomic E-state index is 12.7. The van der Waals surface area contributed by atoms with E-state index in [9.17, 15) is 14.9 Å². The summed E-state index contributed by atoms with van der Waals surface area (Å²) < 4.78 is 1.45. The molecule has 3 aromatic carbocycles. The minimum absolute atomic E-state index is 0.171. The van der Waals surface area contributed by atoms with Gasteiger partial charge in [0.05, 0.1) is 10.6 Å². The fraction of sp³-hybridized carbons (Fsp3) is 0.0476. The number of nitrogens with zero attached hydrogens (tertiary/aromatic N) is 5. The lowest BCUT2D eigenvalue weighted by atomic mass is 10.1. The van der Waals surface area contributed by atoms with Gasteiger partial charge in [-0.05, 0) is 46.3 Å². The third-order valence-electron chi connectivity index (χ3n) is 4.50. The van der Waals surface area contributed by atoms with Crippen molar-refractivity contribution >= 4 is 23.0 Å². The van der Waals surface area contributed by atoms with Crippen LogP contribution >= 0.6 is 0 Å². The molecule has 0 aliphatic carbocycles. The maximum Gasteiger partial charge on any atom is 0.293 e. The number of anilines is 2. The molecule has 0 aliphatic rings. The van der Waals surface area contributed by atoms with Crippen LogP contribution < -0.4 is 10.6 Å². The first-order chi connectivity index (χ1) is 15.1. The summed E-state index contributed by atoms with van der Waals surface area (Å²) in [5.41, 5.74) is 2.49. The van der Waals surface area contributed by atoms with Crippen LogP contribution in [0.4, 0.5) is 17.1 Å². The molecule has 1 aromatic heterocycles. The number of aromatic nitrogens is 4. The van der Waals surface area contributed by atoms with Gasteiger partial charge in [-0.1, -0.05) is 36.4 Å². The minimum atomic E-state index is -0.511. The van der Waals surface area contributed by atoms with Crippen LogP contribution in [0.2, 0.25) is 0 Å². The predicted octanol–water partition coefficient (Wildman–Crippen LogP) is 3.43. The summed E-state index contributed by atoms with van der Waals surface area (Å²) in [6.45, 7) is 0.428. The van der Waals surface area contributed by atoms with E-state index in [1.807, 2.05) is 30.3 Å². The summed E-state index contributed by atoms with van der Waals surface area (Å²) in [6.07, 6.45) is 1.44. The van der Waals surface area contributed by atoms with E-state index in [4.69, 9.17) is 0 Å². The highest BCUT2D eigenvalue weighted by Gasteiger charge is 2.18. The van der Waals surface area contributed by atoms with E-state index < -0.39 is 10.8 Å². The zero-order valence-electron chi connectivity index (χ0n) is 16.2. The summed E-state index contributed by atoms with van der Waals surface area (Å²) in [5, 5.41) is 28.3. The number of nitro benzene ring substituents is 1. The number of carbonyl (C=O) groups excluding carboxylic acids is 1. The number of amides is 1. The summed E-state index contributed by atoms with van der Waals surface area (Å²) in [7, 11) is 0. The molecule has 31 heavy (non-hydrogen) atoms. The Kier molecular flexibility index (Phi) is 5.61. The molecule has 0 saturated heterocycles. The Morgan fingerprint density at radius 3 is 2.61 bits per heavy atom. The Labute approximate surface area is 176 Å². The number of tetrazole rings is 1. The Morgan fingerprint density at radius 1 is 1.03 bits per heavy atom. The van der Waals surface area contributed by atoms with Crippen LogP contribution in [0.25, 0.3) is 5.69 Å². The van der Waals surface area contributed by atoms with Crippen molar-refractivity contribution in [1.29, 1.82) is 0 Å². The minimum Gasteiger partial charge on any atom is -0.375 e. The first kappa shape index (κ1) is 19.7. The number of nitrogens with one attached hydrogen (secondary N) is 2. The molecule has 4 rings (SSSR count). The van der Waals surface area contributed by atoms with Gasteiger partial charge in [-0.25, -0.2) is 4.68 Å². The molecule has 154 valence electrons. The number of rotatable bonds is 7. The van der Waals surface area contributed by atoms with Gasteiger partial charge in [-0.3, -0.25) is 14.9 Å². The molecule has 10 heteroatoms. The number of hydrogen-bond acceptors (Lipinski definition) is 7. The van der Waals surface area contributed by atoms with Crippen molar-refractivity contribution in [1.82, 2.24) is 20.2 Å². The summed E-state index contributed by atoms with van der Waals surface area (Å²) >= 11 is 0. The molecule has 1 heterocycles. The summed E-state index contributed by atoms with van der Waals surface area (Å²) in [4.78, 5) is 23.7. The summed E-state index contributed by atoms with van der Waals surface area (Å²) in [6, 6.07) is 20.8. The smallest absolute Gasteiger partial charge is 0.293 e. The van der Waals surface area contributed by atoms with E-state index in [1.54, 1.807) is 30.3 Å². The topological polar surface area (TPSA) is 128 Å². The normalized spacial score (nSPS) is 10.5.